The Labute approximate surface area is 169 Å². The van der Waals surface area contributed by atoms with Crippen LogP contribution in [0.15, 0.2) is 76.4 Å². The maximum Gasteiger partial charge on any atom is 0.269 e. The van der Waals surface area contributed by atoms with Gasteiger partial charge in [-0.1, -0.05) is 43.2 Å². The van der Waals surface area contributed by atoms with Crippen molar-refractivity contribution in [1.82, 2.24) is 5.01 Å². The van der Waals surface area contributed by atoms with Crippen molar-refractivity contribution in [3.8, 4) is 18.4 Å². The lowest BCUT2D eigenvalue weighted by molar-refractivity contribution is -0.140. The SMILES string of the molecule is C#Cc1ccccc1/N=N/C1=C(O)N(Nc2ccccc2)C(=O)C(C)(C#N)C1C. The summed E-state index contributed by atoms with van der Waals surface area (Å²) < 4.78 is 0. The van der Waals surface area contributed by atoms with E-state index in [1.807, 2.05) is 6.07 Å². The van der Waals surface area contributed by atoms with Crippen LogP contribution in [0.25, 0.3) is 0 Å². The molecule has 7 heteroatoms. The number of terminal acetylenes is 1. The van der Waals surface area contributed by atoms with Gasteiger partial charge in [0.2, 0.25) is 5.88 Å². The van der Waals surface area contributed by atoms with Crippen LogP contribution in [-0.2, 0) is 4.79 Å². The Morgan fingerprint density at radius 1 is 1.17 bits per heavy atom. The highest BCUT2D eigenvalue weighted by atomic mass is 16.3. The summed E-state index contributed by atoms with van der Waals surface area (Å²) in [4.78, 5) is 13.0. The number of allylic oxidation sites excluding steroid dienone is 1. The normalized spacial score (nSPS) is 21.7. The van der Waals surface area contributed by atoms with Gasteiger partial charge in [0, 0.05) is 5.92 Å². The van der Waals surface area contributed by atoms with Crippen LogP contribution in [0.1, 0.15) is 19.4 Å². The van der Waals surface area contributed by atoms with E-state index in [9.17, 15) is 15.2 Å². The van der Waals surface area contributed by atoms with E-state index in [0.717, 1.165) is 5.01 Å². The number of anilines is 1. The number of carbonyl (C=O) groups is 1. The summed E-state index contributed by atoms with van der Waals surface area (Å²) in [5, 5.41) is 29.8. The molecule has 0 fully saturated rings. The number of nitrogens with one attached hydrogen (secondary N) is 1. The van der Waals surface area contributed by atoms with Gasteiger partial charge >= 0.3 is 0 Å². The van der Waals surface area contributed by atoms with E-state index in [0.29, 0.717) is 16.9 Å². The monoisotopic (exact) mass is 385 g/mol. The van der Waals surface area contributed by atoms with Gasteiger partial charge in [-0.15, -0.1) is 16.7 Å². The van der Waals surface area contributed by atoms with E-state index in [4.69, 9.17) is 6.42 Å². The van der Waals surface area contributed by atoms with Gasteiger partial charge in [0.05, 0.1) is 17.3 Å². The summed E-state index contributed by atoms with van der Waals surface area (Å²) in [7, 11) is 0. The van der Waals surface area contributed by atoms with Crippen molar-refractivity contribution in [1.29, 1.82) is 5.26 Å². The fraction of sp³-hybridized carbons (Fsp3) is 0.182. The molecule has 2 N–H and O–H groups in total. The Bertz CT molecular complexity index is 1080. The topological polar surface area (TPSA) is 101 Å². The zero-order chi connectivity index (χ0) is 21.0. The molecule has 7 nitrogen and oxygen atoms in total. The molecule has 2 atom stereocenters. The van der Waals surface area contributed by atoms with Crippen LogP contribution >= 0.6 is 0 Å². The second kappa shape index (κ2) is 7.87. The number of carbonyl (C=O) groups excluding carboxylic acids is 1. The first-order valence-corrected chi connectivity index (χ1v) is 8.90. The minimum Gasteiger partial charge on any atom is -0.492 e. The molecular formula is C22H19N5O2. The summed E-state index contributed by atoms with van der Waals surface area (Å²) in [5.41, 5.74) is 3.03. The smallest absolute Gasteiger partial charge is 0.269 e. The molecule has 0 radical (unpaired) electrons. The second-order valence-electron chi connectivity index (χ2n) is 6.72. The summed E-state index contributed by atoms with van der Waals surface area (Å²) in [6.07, 6.45) is 5.49. The van der Waals surface area contributed by atoms with E-state index in [1.165, 1.54) is 6.92 Å². The van der Waals surface area contributed by atoms with E-state index in [2.05, 4.69) is 27.6 Å². The molecule has 0 saturated heterocycles. The largest absolute Gasteiger partial charge is 0.492 e. The molecule has 0 spiro atoms. The highest BCUT2D eigenvalue weighted by molar-refractivity contribution is 5.89. The lowest BCUT2D eigenvalue weighted by Crippen LogP contribution is -2.51. The first kappa shape index (κ1) is 19.7. The molecular weight excluding hydrogens is 366 g/mol. The Balaban J connectivity index is 2.07. The summed E-state index contributed by atoms with van der Waals surface area (Å²) in [5.74, 6) is 0.820. The van der Waals surface area contributed by atoms with E-state index in [1.54, 1.807) is 55.5 Å². The highest BCUT2D eigenvalue weighted by Crippen LogP contribution is 2.41. The molecule has 3 rings (SSSR count). The van der Waals surface area contributed by atoms with Gasteiger partial charge in [0.25, 0.3) is 5.91 Å². The number of rotatable bonds is 4. The first-order valence-electron chi connectivity index (χ1n) is 8.90. The number of hydrogen-bond donors (Lipinski definition) is 2. The van der Waals surface area contributed by atoms with Gasteiger partial charge in [0.1, 0.15) is 16.8 Å². The summed E-state index contributed by atoms with van der Waals surface area (Å²) in [6.45, 7) is 3.16. The Kier molecular flexibility index (Phi) is 5.34. The van der Waals surface area contributed by atoms with Gasteiger partial charge in [-0.2, -0.15) is 10.3 Å². The lowest BCUT2D eigenvalue weighted by atomic mass is 9.74. The van der Waals surface area contributed by atoms with Crippen LogP contribution in [0.3, 0.4) is 0 Å². The van der Waals surface area contributed by atoms with E-state index < -0.39 is 23.1 Å². The Hall–Kier alpha value is -4.10. The minimum absolute atomic E-state index is 0.101. The van der Waals surface area contributed by atoms with Crippen LogP contribution < -0.4 is 5.43 Å². The minimum atomic E-state index is -1.45. The number of nitriles is 1. The number of benzene rings is 2. The number of hydrazine groups is 1. The Morgan fingerprint density at radius 3 is 2.48 bits per heavy atom. The molecule has 144 valence electrons. The third kappa shape index (κ3) is 3.54. The first-order chi connectivity index (χ1) is 13.9. The summed E-state index contributed by atoms with van der Waals surface area (Å²) >= 11 is 0. The van der Waals surface area contributed by atoms with Crippen molar-refractivity contribution in [2.24, 2.45) is 21.6 Å². The lowest BCUT2D eigenvalue weighted by Gasteiger charge is -2.38. The molecule has 0 aliphatic carbocycles. The second-order valence-corrected chi connectivity index (χ2v) is 6.72. The van der Waals surface area contributed by atoms with Crippen LogP contribution in [-0.4, -0.2) is 16.0 Å². The molecule has 0 aromatic heterocycles. The van der Waals surface area contributed by atoms with Crippen molar-refractivity contribution in [3.05, 3.63) is 71.7 Å². The highest BCUT2D eigenvalue weighted by Gasteiger charge is 2.51. The van der Waals surface area contributed by atoms with Crippen LogP contribution in [0, 0.1) is 35.0 Å². The maximum absolute atomic E-state index is 13.0. The quantitative estimate of drug-likeness (QED) is 0.597. The number of azo groups is 1. The molecule has 1 aliphatic heterocycles. The number of para-hydroxylation sites is 1. The molecule has 2 aromatic carbocycles. The number of nitrogens with zero attached hydrogens (tertiary/aromatic N) is 4. The van der Waals surface area contributed by atoms with Gasteiger partial charge in [-0.3, -0.25) is 10.2 Å². The zero-order valence-electron chi connectivity index (χ0n) is 16.0. The molecule has 0 bridgehead atoms. The van der Waals surface area contributed by atoms with Gasteiger partial charge in [0.15, 0.2) is 0 Å². The van der Waals surface area contributed by atoms with Crippen molar-refractivity contribution in [2.45, 2.75) is 13.8 Å². The van der Waals surface area contributed by atoms with Crippen molar-refractivity contribution < 1.29 is 9.90 Å². The molecule has 1 heterocycles. The van der Waals surface area contributed by atoms with Crippen LogP contribution in [0.5, 0.6) is 0 Å². The molecule has 0 saturated carbocycles. The van der Waals surface area contributed by atoms with Gasteiger partial charge in [-0.05, 0) is 31.2 Å². The van der Waals surface area contributed by atoms with Crippen molar-refractivity contribution in [2.75, 3.05) is 5.43 Å². The molecule has 2 aromatic rings. The number of hydrogen-bond acceptors (Lipinski definition) is 6. The number of aliphatic hydroxyl groups is 1. The third-order valence-corrected chi connectivity index (χ3v) is 4.94. The van der Waals surface area contributed by atoms with Crippen molar-refractivity contribution >= 4 is 17.3 Å². The molecule has 2 unspecified atom stereocenters. The molecule has 29 heavy (non-hydrogen) atoms. The third-order valence-electron chi connectivity index (χ3n) is 4.94. The average Bonchev–Trinajstić information content (AvgIpc) is 2.76. The zero-order valence-corrected chi connectivity index (χ0v) is 16.0. The van der Waals surface area contributed by atoms with Crippen molar-refractivity contribution in [3.63, 3.8) is 0 Å². The number of amides is 1. The predicted octanol–water partition coefficient (Wildman–Crippen LogP) is 4.51. The van der Waals surface area contributed by atoms with Gasteiger partial charge in [-0.25, -0.2) is 0 Å². The average molecular weight is 385 g/mol. The van der Waals surface area contributed by atoms with Crippen LogP contribution in [0.4, 0.5) is 11.4 Å². The fourth-order valence-corrected chi connectivity index (χ4v) is 2.91. The van der Waals surface area contributed by atoms with E-state index in [-0.39, 0.29) is 5.70 Å². The standard InChI is InChI=1S/C22H19N5O2/c1-4-16-10-8-9-13-18(16)24-25-19-15(2)22(3,14-23)21(29)27(20(19)28)26-17-11-6-5-7-12-17/h1,5-13,15,26,28H,2-3H3/b25-24+. The molecule has 1 amide bonds. The Morgan fingerprint density at radius 2 is 1.83 bits per heavy atom. The van der Waals surface area contributed by atoms with Gasteiger partial charge < -0.3 is 5.11 Å². The molecule has 1 aliphatic rings. The maximum atomic E-state index is 13.0. The predicted molar refractivity (Wildman–Crippen MR) is 108 cm³/mol. The number of aliphatic hydroxyl groups excluding tert-OH is 1. The summed E-state index contributed by atoms with van der Waals surface area (Å²) in [6, 6.07) is 17.9. The van der Waals surface area contributed by atoms with E-state index >= 15 is 0 Å². The van der Waals surface area contributed by atoms with Crippen LogP contribution in [0.2, 0.25) is 0 Å². The fourth-order valence-electron chi connectivity index (χ4n) is 2.91.